The number of nitrogens with one attached hydrogen (secondary N) is 1. The highest BCUT2D eigenvalue weighted by Crippen LogP contribution is 2.27. The zero-order valence-electron chi connectivity index (χ0n) is 11.7. The van der Waals surface area contributed by atoms with Crippen molar-refractivity contribution in [3.05, 3.63) is 59.4 Å². The summed E-state index contributed by atoms with van der Waals surface area (Å²) in [6, 6.07) is 13.6. The highest BCUT2D eigenvalue weighted by Gasteiger charge is 2.09. The van der Waals surface area contributed by atoms with E-state index in [2.05, 4.69) is 24.4 Å². The van der Waals surface area contributed by atoms with Crippen molar-refractivity contribution in [2.45, 2.75) is 26.3 Å². The average molecular weight is 257 g/mol. The molecule has 100 valence electrons. The Balaban J connectivity index is 2.45. The predicted octanol–water partition coefficient (Wildman–Crippen LogP) is 4.47. The van der Waals surface area contributed by atoms with Gasteiger partial charge in [0.25, 0.3) is 0 Å². The van der Waals surface area contributed by atoms with Crippen molar-refractivity contribution in [3.63, 3.8) is 0 Å². The summed E-state index contributed by atoms with van der Waals surface area (Å²) in [5.74, 6) is -0.188. The summed E-state index contributed by atoms with van der Waals surface area (Å²) >= 11 is 0. The van der Waals surface area contributed by atoms with Gasteiger partial charge in [0.1, 0.15) is 5.82 Å². The normalized spacial score (nSPS) is 12.4. The summed E-state index contributed by atoms with van der Waals surface area (Å²) < 4.78 is 13.4. The minimum absolute atomic E-state index is 0.188. The highest BCUT2D eigenvalue weighted by atomic mass is 19.1. The minimum Gasteiger partial charge on any atom is -0.313 e. The molecule has 2 aromatic carbocycles. The molecule has 0 bridgehead atoms. The molecule has 2 aromatic rings. The molecule has 19 heavy (non-hydrogen) atoms. The predicted molar refractivity (Wildman–Crippen MR) is 78.7 cm³/mol. The smallest absolute Gasteiger partial charge is 0.123 e. The Morgan fingerprint density at radius 1 is 1.16 bits per heavy atom. The van der Waals surface area contributed by atoms with Crippen LogP contribution in [0.5, 0.6) is 0 Å². The number of halogens is 1. The van der Waals surface area contributed by atoms with Crippen LogP contribution in [0, 0.1) is 12.7 Å². The van der Waals surface area contributed by atoms with Crippen LogP contribution >= 0.6 is 0 Å². The third-order valence-corrected chi connectivity index (χ3v) is 3.56. The maximum Gasteiger partial charge on any atom is 0.123 e. The fourth-order valence-corrected chi connectivity index (χ4v) is 2.43. The second-order valence-corrected chi connectivity index (χ2v) is 4.83. The van der Waals surface area contributed by atoms with Gasteiger partial charge in [0.15, 0.2) is 0 Å². The van der Waals surface area contributed by atoms with Crippen LogP contribution in [-0.4, -0.2) is 7.05 Å². The molecule has 0 aromatic heterocycles. The first-order valence-electron chi connectivity index (χ1n) is 6.69. The molecule has 0 saturated carbocycles. The van der Waals surface area contributed by atoms with Crippen molar-refractivity contribution in [2.75, 3.05) is 7.05 Å². The Hall–Kier alpha value is -1.67. The van der Waals surface area contributed by atoms with Gasteiger partial charge in [0, 0.05) is 6.04 Å². The molecule has 0 saturated heterocycles. The van der Waals surface area contributed by atoms with E-state index in [1.54, 1.807) is 6.07 Å². The molecule has 0 aliphatic rings. The van der Waals surface area contributed by atoms with Crippen molar-refractivity contribution in [1.82, 2.24) is 5.32 Å². The van der Waals surface area contributed by atoms with Crippen LogP contribution in [0.1, 0.15) is 30.5 Å². The zero-order valence-corrected chi connectivity index (χ0v) is 11.7. The lowest BCUT2D eigenvalue weighted by molar-refractivity contribution is 0.577. The van der Waals surface area contributed by atoms with Gasteiger partial charge in [-0.25, -0.2) is 4.39 Å². The first-order valence-corrected chi connectivity index (χ1v) is 6.69. The average Bonchev–Trinajstić information content (AvgIpc) is 2.43. The first kappa shape index (κ1) is 13.8. The van der Waals surface area contributed by atoms with Gasteiger partial charge in [-0.15, -0.1) is 0 Å². The van der Waals surface area contributed by atoms with Crippen LogP contribution in [0.15, 0.2) is 42.5 Å². The van der Waals surface area contributed by atoms with Gasteiger partial charge in [-0.2, -0.15) is 0 Å². The summed E-state index contributed by atoms with van der Waals surface area (Å²) in [5.41, 5.74) is 4.37. The summed E-state index contributed by atoms with van der Waals surface area (Å²) in [7, 11) is 1.97. The molecule has 1 atom stereocenters. The summed E-state index contributed by atoms with van der Waals surface area (Å²) in [6.45, 7) is 4.16. The number of hydrogen-bond acceptors (Lipinski definition) is 1. The van der Waals surface area contributed by atoms with E-state index in [1.807, 2.05) is 32.2 Å². The maximum absolute atomic E-state index is 13.4. The van der Waals surface area contributed by atoms with Crippen molar-refractivity contribution in [2.24, 2.45) is 0 Å². The summed E-state index contributed by atoms with van der Waals surface area (Å²) in [5, 5.41) is 3.30. The number of aryl methyl sites for hydroxylation is 1. The molecule has 2 rings (SSSR count). The van der Waals surface area contributed by atoms with Crippen molar-refractivity contribution < 1.29 is 4.39 Å². The maximum atomic E-state index is 13.4. The molecule has 0 aliphatic heterocycles. The van der Waals surface area contributed by atoms with Crippen LogP contribution in [-0.2, 0) is 0 Å². The molecule has 0 spiro atoms. The lowest BCUT2D eigenvalue weighted by Crippen LogP contribution is -2.15. The van der Waals surface area contributed by atoms with Crippen LogP contribution in [0.4, 0.5) is 4.39 Å². The van der Waals surface area contributed by atoms with Crippen LogP contribution in [0.3, 0.4) is 0 Å². The van der Waals surface area contributed by atoms with Gasteiger partial charge >= 0.3 is 0 Å². The second kappa shape index (κ2) is 5.98. The lowest BCUT2D eigenvalue weighted by atomic mass is 9.96. The van der Waals surface area contributed by atoms with Crippen LogP contribution in [0.2, 0.25) is 0 Å². The Labute approximate surface area is 114 Å². The number of hydrogen-bond donors (Lipinski definition) is 1. The Morgan fingerprint density at radius 2 is 1.95 bits per heavy atom. The quantitative estimate of drug-likeness (QED) is 0.852. The van der Waals surface area contributed by atoms with E-state index in [9.17, 15) is 4.39 Å². The molecule has 0 fully saturated rings. The number of rotatable bonds is 4. The Morgan fingerprint density at radius 3 is 2.63 bits per heavy atom. The second-order valence-electron chi connectivity index (χ2n) is 4.83. The number of benzene rings is 2. The van der Waals surface area contributed by atoms with E-state index in [-0.39, 0.29) is 5.82 Å². The molecule has 0 aliphatic carbocycles. The zero-order chi connectivity index (χ0) is 13.8. The van der Waals surface area contributed by atoms with Crippen molar-refractivity contribution >= 4 is 0 Å². The molecule has 0 radical (unpaired) electrons. The fraction of sp³-hybridized carbons (Fsp3) is 0.294. The van der Waals surface area contributed by atoms with Gasteiger partial charge in [-0.05, 0) is 60.8 Å². The Bertz CT molecular complexity index is 559. The molecule has 1 N–H and O–H groups in total. The molecular formula is C17H20FN. The third kappa shape index (κ3) is 3.02. The van der Waals surface area contributed by atoms with E-state index in [0.29, 0.717) is 6.04 Å². The monoisotopic (exact) mass is 257 g/mol. The third-order valence-electron chi connectivity index (χ3n) is 3.56. The molecular weight excluding hydrogens is 237 g/mol. The fourth-order valence-electron chi connectivity index (χ4n) is 2.43. The molecule has 0 amide bonds. The first-order chi connectivity index (χ1) is 9.15. The topological polar surface area (TPSA) is 12.0 Å². The molecule has 0 heterocycles. The van der Waals surface area contributed by atoms with Crippen molar-refractivity contribution in [1.29, 1.82) is 0 Å². The van der Waals surface area contributed by atoms with Gasteiger partial charge in [-0.3, -0.25) is 0 Å². The van der Waals surface area contributed by atoms with Gasteiger partial charge < -0.3 is 5.32 Å². The molecule has 1 unspecified atom stereocenters. The van der Waals surface area contributed by atoms with Crippen LogP contribution in [0.25, 0.3) is 11.1 Å². The van der Waals surface area contributed by atoms with Gasteiger partial charge in [-0.1, -0.05) is 31.2 Å². The van der Waals surface area contributed by atoms with E-state index >= 15 is 0 Å². The minimum atomic E-state index is -0.188. The highest BCUT2D eigenvalue weighted by molar-refractivity contribution is 5.68. The standard InChI is InChI=1S/C17H20FN/c1-4-17(19-3)14-7-5-6-13(10-14)16-11-15(18)9-8-12(16)2/h5-11,17,19H,4H2,1-3H3. The SMILES string of the molecule is CCC(NC)c1cccc(-c2cc(F)ccc2C)c1. The van der Waals surface area contributed by atoms with E-state index < -0.39 is 0 Å². The van der Waals surface area contributed by atoms with E-state index in [0.717, 1.165) is 23.1 Å². The van der Waals surface area contributed by atoms with Crippen molar-refractivity contribution in [3.8, 4) is 11.1 Å². The summed E-state index contributed by atoms with van der Waals surface area (Å²) in [4.78, 5) is 0. The van der Waals surface area contributed by atoms with E-state index in [1.165, 1.54) is 11.6 Å². The summed E-state index contributed by atoms with van der Waals surface area (Å²) in [6.07, 6.45) is 1.03. The molecule has 1 nitrogen and oxygen atoms in total. The Kier molecular flexibility index (Phi) is 4.33. The largest absolute Gasteiger partial charge is 0.313 e. The molecule has 2 heteroatoms. The van der Waals surface area contributed by atoms with Gasteiger partial charge in [0.2, 0.25) is 0 Å². The van der Waals surface area contributed by atoms with Gasteiger partial charge in [0.05, 0.1) is 0 Å². The van der Waals surface area contributed by atoms with E-state index in [4.69, 9.17) is 0 Å². The van der Waals surface area contributed by atoms with Crippen LogP contribution < -0.4 is 5.32 Å². The lowest BCUT2D eigenvalue weighted by Gasteiger charge is -2.16.